The van der Waals surface area contributed by atoms with Crippen molar-refractivity contribution in [3.63, 3.8) is 0 Å². The van der Waals surface area contributed by atoms with Crippen molar-refractivity contribution in [2.75, 3.05) is 33.3 Å². The van der Waals surface area contributed by atoms with Gasteiger partial charge in [-0.15, -0.1) is 12.4 Å². The molecule has 0 atom stereocenters. The Hall–Kier alpha value is -0.190. The lowest BCUT2D eigenvalue weighted by Crippen LogP contribution is -2.42. The summed E-state index contributed by atoms with van der Waals surface area (Å²) in [5.74, 6) is 0.699. The van der Waals surface area contributed by atoms with Gasteiger partial charge in [-0.2, -0.15) is 0 Å². The molecule has 1 aliphatic heterocycles. The van der Waals surface area contributed by atoms with Crippen molar-refractivity contribution in [2.45, 2.75) is 18.9 Å². The van der Waals surface area contributed by atoms with E-state index in [1.54, 1.807) is 12.1 Å². The van der Waals surface area contributed by atoms with Crippen molar-refractivity contribution in [1.29, 1.82) is 0 Å². The van der Waals surface area contributed by atoms with E-state index in [0.29, 0.717) is 28.4 Å². The summed E-state index contributed by atoms with van der Waals surface area (Å²) in [6.07, 6.45) is 2.41. The SMILES string of the molecule is CN(CCOc1ccc(Cl)cc1Cl)C1CCNCC1.Cl. The Labute approximate surface area is 137 Å². The Morgan fingerprint density at radius 3 is 2.65 bits per heavy atom. The number of piperidine rings is 1. The van der Waals surface area contributed by atoms with Crippen LogP contribution in [0.15, 0.2) is 18.2 Å². The van der Waals surface area contributed by atoms with Gasteiger partial charge in [0.15, 0.2) is 0 Å². The molecule has 0 saturated carbocycles. The average Bonchev–Trinajstić information content (AvgIpc) is 2.42. The molecule has 20 heavy (non-hydrogen) atoms. The van der Waals surface area contributed by atoms with E-state index in [2.05, 4.69) is 17.3 Å². The number of nitrogens with one attached hydrogen (secondary N) is 1. The maximum atomic E-state index is 6.06. The number of ether oxygens (including phenoxy) is 1. The highest BCUT2D eigenvalue weighted by Crippen LogP contribution is 2.27. The first-order chi connectivity index (χ1) is 9.16. The molecule has 2 rings (SSSR count). The van der Waals surface area contributed by atoms with E-state index in [4.69, 9.17) is 27.9 Å². The van der Waals surface area contributed by atoms with Crippen molar-refractivity contribution in [3.05, 3.63) is 28.2 Å². The van der Waals surface area contributed by atoms with E-state index in [0.717, 1.165) is 19.6 Å². The number of likely N-dealkylation sites (N-methyl/N-ethyl adjacent to an activating group) is 1. The molecule has 114 valence electrons. The maximum Gasteiger partial charge on any atom is 0.138 e. The topological polar surface area (TPSA) is 24.5 Å². The highest BCUT2D eigenvalue weighted by atomic mass is 35.5. The zero-order valence-electron chi connectivity index (χ0n) is 11.6. The van der Waals surface area contributed by atoms with E-state index in [1.807, 2.05) is 6.07 Å². The predicted molar refractivity (Wildman–Crippen MR) is 87.7 cm³/mol. The van der Waals surface area contributed by atoms with E-state index in [-0.39, 0.29) is 12.4 Å². The number of hydrogen-bond donors (Lipinski definition) is 1. The van der Waals surface area contributed by atoms with Crippen molar-refractivity contribution in [1.82, 2.24) is 10.2 Å². The van der Waals surface area contributed by atoms with Crippen LogP contribution < -0.4 is 10.1 Å². The lowest BCUT2D eigenvalue weighted by molar-refractivity contribution is 0.165. The van der Waals surface area contributed by atoms with Gasteiger partial charge in [-0.1, -0.05) is 23.2 Å². The van der Waals surface area contributed by atoms with Crippen molar-refractivity contribution in [3.8, 4) is 5.75 Å². The van der Waals surface area contributed by atoms with Crippen molar-refractivity contribution in [2.24, 2.45) is 0 Å². The Bertz CT molecular complexity index is 411. The highest BCUT2D eigenvalue weighted by Gasteiger charge is 2.17. The first kappa shape index (κ1) is 17.9. The second kappa shape index (κ2) is 8.96. The quantitative estimate of drug-likeness (QED) is 0.889. The van der Waals surface area contributed by atoms with Gasteiger partial charge < -0.3 is 10.1 Å². The fourth-order valence-electron chi connectivity index (χ4n) is 2.32. The first-order valence-electron chi connectivity index (χ1n) is 6.65. The molecule has 0 bridgehead atoms. The third kappa shape index (κ3) is 5.30. The van der Waals surface area contributed by atoms with Gasteiger partial charge in [0.1, 0.15) is 12.4 Å². The lowest BCUT2D eigenvalue weighted by Gasteiger charge is -2.31. The van der Waals surface area contributed by atoms with Gasteiger partial charge in [-0.05, 0) is 51.2 Å². The normalized spacial score (nSPS) is 16.0. The molecule has 1 saturated heterocycles. The van der Waals surface area contributed by atoms with Crippen molar-refractivity contribution >= 4 is 35.6 Å². The Morgan fingerprint density at radius 1 is 1.30 bits per heavy atom. The van der Waals surface area contributed by atoms with Gasteiger partial charge in [-0.25, -0.2) is 0 Å². The van der Waals surface area contributed by atoms with Crippen molar-refractivity contribution < 1.29 is 4.74 Å². The van der Waals surface area contributed by atoms with Gasteiger partial charge >= 0.3 is 0 Å². The Morgan fingerprint density at radius 2 is 2.00 bits per heavy atom. The number of nitrogens with zero attached hydrogens (tertiary/aromatic N) is 1. The smallest absolute Gasteiger partial charge is 0.138 e. The summed E-state index contributed by atoms with van der Waals surface area (Å²) in [5, 5.41) is 4.57. The minimum atomic E-state index is 0. The average molecular weight is 340 g/mol. The number of hydrogen-bond acceptors (Lipinski definition) is 3. The van der Waals surface area contributed by atoms with Crippen LogP contribution in [-0.2, 0) is 0 Å². The Kier molecular flexibility index (Phi) is 8.00. The van der Waals surface area contributed by atoms with Crippen LogP contribution in [0, 0.1) is 0 Å². The van der Waals surface area contributed by atoms with Crippen LogP contribution in [0.5, 0.6) is 5.75 Å². The lowest BCUT2D eigenvalue weighted by atomic mass is 10.1. The summed E-state index contributed by atoms with van der Waals surface area (Å²) in [6, 6.07) is 5.97. The minimum absolute atomic E-state index is 0. The van der Waals surface area contributed by atoms with Crippen LogP contribution in [0.3, 0.4) is 0 Å². The fourth-order valence-corrected chi connectivity index (χ4v) is 2.78. The molecule has 1 N–H and O–H groups in total. The molecular weight excluding hydrogens is 319 g/mol. The largest absolute Gasteiger partial charge is 0.491 e. The maximum absolute atomic E-state index is 6.06. The van der Waals surface area contributed by atoms with Gasteiger partial charge in [0, 0.05) is 17.6 Å². The third-order valence-corrected chi connectivity index (χ3v) is 4.06. The van der Waals surface area contributed by atoms with Crippen LogP contribution in [-0.4, -0.2) is 44.2 Å². The zero-order chi connectivity index (χ0) is 13.7. The van der Waals surface area contributed by atoms with E-state index in [1.165, 1.54) is 12.8 Å². The van der Waals surface area contributed by atoms with Gasteiger partial charge in [0.2, 0.25) is 0 Å². The predicted octanol–water partition coefficient (Wildman–Crippen LogP) is 3.48. The molecule has 0 radical (unpaired) electrons. The number of rotatable bonds is 5. The van der Waals surface area contributed by atoms with E-state index in [9.17, 15) is 0 Å². The first-order valence-corrected chi connectivity index (χ1v) is 7.41. The molecule has 0 aromatic heterocycles. The molecule has 0 unspecified atom stereocenters. The molecule has 0 aliphatic carbocycles. The summed E-state index contributed by atoms with van der Waals surface area (Å²) in [6.45, 7) is 3.77. The summed E-state index contributed by atoms with van der Waals surface area (Å²) in [4.78, 5) is 2.37. The molecule has 1 aromatic rings. The summed E-state index contributed by atoms with van der Waals surface area (Å²) in [7, 11) is 2.16. The number of benzene rings is 1. The second-order valence-electron chi connectivity index (χ2n) is 4.88. The minimum Gasteiger partial charge on any atom is -0.491 e. The molecule has 1 aliphatic rings. The summed E-state index contributed by atoms with van der Waals surface area (Å²) < 4.78 is 5.71. The van der Waals surface area contributed by atoms with Gasteiger partial charge in [0.25, 0.3) is 0 Å². The summed E-state index contributed by atoms with van der Waals surface area (Å²) >= 11 is 11.9. The molecule has 6 heteroatoms. The van der Waals surface area contributed by atoms with E-state index < -0.39 is 0 Å². The van der Waals surface area contributed by atoms with Gasteiger partial charge in [-0.3, -0.25) is 4.90 Å². The molecule has 1 heterocycles. The van der Waals surface area contributed by atoms with E-state index >= 15 is 0 Å². The molecule has 3 nitrogen and oxygen atoms in total. The van der Waals surface area contributed by atoms with Crippen LogP contribution in [0.2, 0.25) is 10.0 Å². The van der Waals surface area contributed by atoms with Crippen LogP contribution >= 0.6 is 35.6 Å². The van der Waals surface area contributed by atoms with Crippen LogP contribution in [0.4, 0.5) is 0 Å². The fraction of sp³-hybridized carbons (Fsp3) is 0.571. The third-order valence-electron chi connectivity index (χ3n) is 3.53. The summed E-state index contributed by atoms with van der Waals surface area (Å²) in [5.41, 5.74) is 0. The second-order valence-corrected chi connectivity index (χ2v) is 5.73. The standard InChI is InChI=1S/C14H20Cl2N2O.ClH/c1-18(12-4-6-17-7-5-12)8-9-19-14-3-2-11(15)10-13(14)16;/h2-3,10,12,17H,4-9H2,1H3;1H. The van der Waals surface area contributed by atoms with Crippen LogP contribution in [0.25, 0.3) is 0 Å². The molecular formula is C14H21Cl3N2O. The molecule has 1 fully saturated rings. The monoisotopic (exact) mass is 338 g/mol. The van der Waals surface area contributed by atoms with Crippen LogP contribution in [0.1, 0.15) is 12.8 Å². The highest BCUT2D eigenvalue weighted by molar-refractivity contribution is 6.35. The zero-order valence-corrected chi connectivity index (χ0v) is 13.9. The van der Waals surface area contributed by atoms with Gasteiger partial charge in [0.05, 0.1) is 5.02 Å². The number of halogens is 3. The molecule has 1 aromatic carbocycles. The Balaban J connectivity index is 0.00000200. The molecule has 0 amide bonds. The molecule has 0 spiro atoms.